The molecule has 0 amide bonds. The lowest BCUT2D eigenvalue weighted by molar-refractivity contribution is -0.384. The Morgan fingerprint density at radius 3 is 2.47 bits per heavy atom. The summed E-state index contributed by atoms with van der Waals surface area (Å²) in [6, 6.07) is 2.54. The topological polar surface area (TPSA) is 64.4 Å². The molecule has 7 heteroatoms. The van der Waals surface area contributed by atoms with Crippen LogP contribution in [0.1, 0.15) is 6.42 Å². The molecular weight excluding hydrogens is 267 g/mol. The lowest BCUT2D eigenvalue weighted by Gasteiger charge is -2.09. The first kappa shape index (κ1) is 14.0. The van der Waals surface area contributed by atoms with Crippen LogP contribution in [0.15, 0.2) is 12.1 Å². The second-order valence-electron chi connectivity index (χ2n) is 3.31. The van der Waals surface area contributed by atoms with Crippen molar-refractivity contribution in [1.82, 2.24) is 0 Å². The first-order valence-corrected chi connectivity index (χ1v) is 5.68. The van der Waals surface area contributed by atoms with Gasteiger partial charge < -0.3 is 10.1 Å². The Morgan fingerprint density at radius 1 is 1.41 bits per heavy atom. The van der Waals surface area contributed by atoms with Crippen molar-refractivity contribution >= 4 is 34.6 Å². The van der Waals surface area contributed by atoms with Crippen LogP contribution in [-0.2, 0) is 4.74 Å². The number of nitro groups is 1. The van der Waals surface area contributed by atoms with Crippen LogP contribution in [-0.4, -0.2) is 25.2 Å². The van der Waals surface area contributed by atoms with Gasteiger partial charge in [0.15, 0.2) is 0 Å². The van der Waals surface area contributed by atoms with Crippen LogP contribution in [0.3, 0.4) is 0 Å². The van der Waals surface area contributed by atoms with Crippen LogP contribution in [0.4, 0.5) is 11.4 Å². The van der Waals surface area contributed by atoms with E-state index in [0.717, 1.165) is 6.42 Å². The van der Waals surface area contributed by atoms with E-state index in [1.165, 1.54) is 12.1 Å². The van der Waals surface area contributed by atoms with Gasteiger partial charge in [0.05, 0.1) is 20.7 Å². The van der Waals surface area contributed by atoms with Crippen molar-refractivity contribution in [3.05, 3.63) is 32.3 Å². The third kappa shape index (κ3) is 4.03. The molecule has 94 valence electrons. The Morgan fingerprint density at radius 2 is 2.00 bits per heavy atom. The fourth-order valence-corrected chi connectivity index (χ4v) is 1.87. The summed E-state index contributed by atoms with van der Waals surface area (Å²) < 4.78 is 4.90. The summed E-state index contributed by atoms with van der Waals surface area (Å²) >= 11 is 11.8. The summed E-state index contributed by atoms with van der Waals surface area (Å²) in [6.07, 6.45) is 0.792. The van der Waals surface area contributed by atoms with E-state index in [2.05, 4.69) is 5.32 Å². The van der Waals surface area contributed by atoms with E-state index in [0.29, 0.717) is 18.8 Å². The lowest BCUT2D eigenvalue weighted by Crippen LogP contribution is -2.05. The highest BCUT2D eigenvalue weighted by Crippen LogP contribution is 2.34. The van der Waals surface area contributed by atoms with E-state index in [9.17, 15) is 10.1 Å². The molecule has 0 fully saturated rings. The molecule has 0 aliphatic carbocycles. The summed E-state index contributed by atoms with van der Waals surface area (Å²) in [4.78, 5) is 10.0. The van der Waals surface area contributed by atoms with Gasteiger partial charge in [-0.15, -0.1) is 0 Å². The van der Waals surface area contributed by atoms with Gasteiger partial charge in [-0.05, 0) is 6.42 Å². The zero-order chi connectivity index (χ0) is 12.8. The van der Waals surface area contributed by atoms with Crippen molar-refractivity contribution in [3.63, 3.8) is 0 Å². The van der Waals surface area contributed by atoms with Crippen LogP contribution in [0.5, 0.6) is 0 Å². The molecule has 0 atom stereocenters. The minimum atomic E-state index is -0.535. The third-order valence-electron chi connectivity index (χ3n) is 2.06. The summed E-state index contributed by atoms with van der Waals surface area (Å²) in [7, 11) is 1.62. The van der Waals surface area contributed by atoms with Crippen LogP contribution in [0.25, 0.3) is 0 Å². The van der Waals surface area contributed by atoms with E-state index in [1.54, 1.807) is 7.11 Å². The molecule has 0 saturated carbocycles. The number of nitrogens with zero attached hydrogens (tertiary/aromatic N) is 1. The van der Waals surface area contributed by atoms with Crippen molar-refractivity contribution in [2.45, 2.75) is 6.42 Å². The molecule has 0 aliphatic rings. The number of benzene rings is 1. The molecule has 0 spiro atoms. The molecule has 17 heavy (non-hydrogen) atoms. The minimum Gasteiger partial charge on any atom is -0.385 e. The molecule has 0 heterocycles. The van der Waals surface area contributed by atoms with Gasteiger partial charge >= 0.3 is 0 Å². The molecule has 0 aliphatic heterocycles. The van der Waals surface area contributed by atoms with Crippen LogP contribution in [0.2, 0.25) is 10.0 Å². The largest absolute Gasteiger partial charge is 0.385 e. The van der Waals surface area contributed by atoms with Crippen LogP contribution in [0, 0.1) is 10.1 Å². The Hall–Kier alpha value is -1.04. The Balaban J connectivity index is 2.76. The number of hydrogen-bond acceptors (Lipinski definition) is 4. The van der Waals surface area contributed by atoms with Gasteiger partial charge in [0, 0.05) is 32.4 Å². The molecule has 1 rings (SSSR count). The van der Waals surface area contributed by atoms with Gasteiger partial charge in [0.1, 0.15) is 0 Å². The van der Waals surface area contributed by atoms with Gasteiger partial charge in [0.25, 0.3) is 5.69 Å². The molecule has 5 nitrogen and oxygen atoms in total. The molecule has 0 radical (unpaired) electrons. The maximum Gasteiger partial charge on any atom is 0.272 e. The number of non-ortho nitro benzene ring substituents is 1. The molecule has 0 bridgehead atoms. The van der Waals surface area contributed by atoms with Gasteiger partial charge in [0.2, 0.25) is 0 Å². The zero-order valence-electron chi connectivity index (χ0n) is 9.20. The minimum absolute atomic E-state index is 0.123. The molecule has 0 unspecified atom stereocenters. The Bertz CT molecular complexity index is 390. The highest BCUT2D eigenvalue weighted by Gasteiger charge is 2.13. The summed E-state index contributed by atoms with van der Waals surface area (Å²) in [6.45, 7) is 1.25. The highest BCUT2D eigenvalue weighted by molar-refractivity contribution is 6.39. The van der Waals surface area contributed by atoms with E-state index < -0.39 is 4.92 Å². The molecule has 0 aromatic heterocycles. The maximum atomic E-state index is 10.6. The van der Waals surface area contributed by atoms with E-state index in [4.69, 9.17) is 27.9 Å². The molecular formula is C10H12Cl2N2O3. The SMILES string of the molecule is COCCCNc1c(Cl)cc([N+](=O)[O-])cc1Cl. The second kappa shape index (κ2) is 6.64. The predicted molar refractivity (Wildman–Crippen MR) is 68.1 cm³/mol. The number of hydrogen-bond donors (Lipinski definition) is 1. The first-order valence-electron chi connectivity index (χ1n) is 4.92. The lowest BCUT2D eigenvalue weighted by atomic mass is 10.2. The average Bonchev–Trinajstić information content (AvgIpc) is 2.26. The Kier molecular flexibility index (Phi) is 5.47. The standard InChI is InChI=1S/C10H12Cl2N2O3/c1-17-4-2-3-13-10-8(11)5-7(14(15)16)6-9(10)12/h5-6,13H,2-4H2,1H3. The van der Waals surface area contributed by atoms with Crippen molar-refractivity contribution in [1.29, 1.82) is 0 Å². The monoisotopic (exact) mass is 278 g/mol. The summed E-state index contributed by atoms with van der Waals surface area (Å²) in [5.74, 6) is 0. The summed E-state index contributed by atoms with van der Waals surface area (Å²) in [5.41, 5.74) is 0.387. The van der Waals surface area contributed by atoms with Crippen LogP contribution >= 0.6 is 23.2 Å². The number of anilines is 1. The second-order valence-corrected chi connectivity index (χ2v) is 4.13. The quantitative estimate of drug-likeness (QED) is 0.492. The van der Waals surface area contributed by atoms with Crippen molar-refractivity contribution in [2.24, 2.45) is 0 Å². The zero-order valence-corrected chi connectivity index (χ0v) is 10.7. The maximum absolute atomic E-state index is 10.6. The van der Waals surface area contributed by atoms with E-state index >= 15 is 0 Å². The molecule has 1 aromatic carbocycles. The highest BCUT2D eigenvalue weighted by atomic mass is 35.5. The predicted octanol–water partition coefficient (Wildman–Crippen LogP) is 3.35. The summed E-state index contributed by atoms with van der Waals surface area (Å²) in [5, 5.41) is 14.1. The molecule has 0 saturated heterocycles. The number of nitro benzene ring substituents is 1. The smallest absolute Gasteiger partial charge is 0.272 e. The fourth-order valence-electron chi connectivity index (χ4n) is 1.26. The molecule has 1 N–H and O–H groups in total. The number of halogens is 2. The normalized spacial score (nSPS) is 10.3. The Labute approximate surface area is 109 Å². The average molecular weight is 279 g/mol. The first-order chi connectivity index (χ1) is 8.06. The fraction of sp³-hybridized carbons (Fsp3) is 0.400. The van der Waals surface area contributed by atoms with E-state index in [-0.39, 0.29) is 15.7 Å². The van der Waals surface area contributed by atoms with Gasteiger partial charge in [-0.1, -0.05) is 23.2 Å². The molecule has 1 aromatic rings. The third-order valence-corrected chi connectivity index (χ3v) is 2.66. The van der Waals surface area contributed by atoms with Gasteiger partial charge in [-0.25, -0.2) is 0 Å². The van der Waals surface area contributed by atoms with Crippen molar-refractivity contribution in [2.75, 3.05) is 25.6 Å². The number of rotatable bonds is 6. The van der Waals surface area contributed by atoms with E-state index in [1.807, 2.05) is 0 Å². The number of nitrogens with one attached hydrogen (secondary N) is 1. The van der Waals surface area contributed by atoms with Gasteiger partial charge in [-0.3, -0.25) is 10.1 Å². The van der Waals surface area contributed by atoms with Gasteiger partial charge in [-0.2, -0.15) is 0 Å². The van der Waals surface area contributed by atoms with Crippen molar-refractivity contribution in [3.8, 4) is 0 Å². The number of ether oxygens (including phenoxy) is 1. The number of methoxy groups -OCH3 is 1. The van der Waals surface area contributed by atoms with Crippen LogP contribution < -0.4 is 5.32 Å². The van der Waals surface area contributed by atoms with Crippen molar-refractivity contribution < 1.29 is 9.66 Å².